The monoisotopic (exact) mass is 557 g/mol. The van der Waals surface area contributed by atoms with E-state index < -0.39 is 18.4 Å². The second-order valence-corrected chi connectivity index (χ2v) is 24.4. The molecule has 2 aromatic rings. The van der Waals surface area contributed by atoms with Crippen molar-refractivity contribution in [2.75, 3.05) is 0 Å². The molecule has 2 rings (SSSR count). The van der Waals surface area contributed by atoms with Crippen LogP contribution in [-0.2, 0) is 6.54 Å². The summed E-state index contributed by atoms with van der Waals surface area (Å²) in [5, 5.41) is 0. The molecule has 2 aromatic carbocycles. The summed E-state index contributed by atoms with van der Waals surface area (Å²) < 4.78 is 5.49. The molecule has 0 spiro atoms. The number of rotatable bonds is 16. The van der Waals surface area contributed by atoms with Gasteiger partial charge in [0.1, 0.15) is 0 Å². The fraction of sp³-hybridized carbons (Fsp3) is 0.613. The van der Waals surface area contributed by atoms with Crippen molar-refractivity contribution in [2.45, 2.75) is 110 Å². The Kier molecular flexibility index (Phi) is 13.1. The van der Waals surface area contributed by atoms with E-state index in [9.17, 15) is 0 Å². The Morgan fingerprint density at radius 3 is 1.55 bits per heavy atom. The molecule has 0 radical (unpaired) electrons. The van der Waals surface area contributed by atoms with Gasteiger partial charge in [-0.3, -0.25) is 0 Å². The number of benzene rings is 2. The predicted octanol–water partition coefficient (Wildman–Crippen LogP) is 9.66. The van der Waals surface area contributed by atoms with Crippen LogP contribution >= 0.6 is 0 Å². The molecule has 0 unspecified atom stereocenters. The summed E-state index contributed by atoms with van der Waals surface area (Å²) in [4.78, 5) is 2.98. The molecule has 0 saturated heterocycles. The van der Waals surface area contributed by atoms with E-state index in [4.69, 9.17) is 0 Å². The summed E-state index contributed by atoms with van der Waals surface area (Å²) in [6, 6.07) is 23.0. The van der Waals surface area contributed by atoms with Crippen LogP contribution in [0, 0.1) is 5.92 Å². The van der Waals surface area contributed by atoms with Gasteiger partial charge in [-0.05, 0) is 0 Å². The van der Waals surface area contributed by atoms with Crippen LogP contribution in [0.2, 0.25) is 13.3 Å². The molecule has 184 valence electrons. The Morgan fingerprint density at radius 1 is 0.667 bits per heavy atom. The molecular formula is C31H51NSn. The Hall–Kier alpha value is -0.801. The molecule has 0 saturated carbocycles. The first-order valence-corrected chi connectivity index (χ1v) is 21.5. The fourth-order valence-electron chi connectivity index (χ4n) is 6.04. The Bertz CT molecular complexity index is 720. The van der Waals surface area contributed by atoms with E-state index in [0.717, 1.165) is 10.6 Å². The van der Waals surface area contributed by atoms with Gasteiger partial charge in [0.25, 0.3) is 0 Å². The van der Waals surface area contributed by atoms with Crippen LogP contribution in [0.4, 0.5) is 0 Å². The minimum absolute atomic E-state index is 0.444. The van der Waals surface area contributed by atoms with Crippen molar-refractivity contribution < 1.29 is 0 Å². The topological polar surface area (TPSA) is 3.24 Å². The van der Waals surface area contributed by atoms with Crippen molar-refractivity contribution in [1.82, 2.24) is 4.90 Å². The zero-order chi connectivity index (χ0) is 24.1. The fourth-order valence-corrected chi connectivity index (χ4v) is 26.7. The van der Waals surface area contributed by atoms with Gasteiger partial charge >= 0.3 is 211 Å². The molecule has 0 aliphatic carbocycles. The van der Waals surface area contributed by atoms with E-state index >= 15 is 0 Å². The second kappa shape index (κ2) is 15.2. The summed E-state index contributed by atoms with van der Waals surface area (Å²) in [7, 11) is 0. The molecule has 0 bridgehead atoms. The van der Waals surface area contributed by atoms with Crippen molar-refractivity contribution in [2.24, 2.45) is 5.92 Å². The molecule has 1 nitrogen and oxygen atoms in total. The summed E-state index contributed by atoms with van der Waals surface area (Å²) in [5.74, 6) is 0.709. The van der Waals surface area contributed by atoms with Crippen molar-refractivity contribution in [1.29, 1.82) is 0 Å². The van der Waals surface area contributed by atoms with Crippen molar-refractivity contribution in [3.63, 3.8) is 0 Å². The maximum atomic E-state index is 2.98. The Balaban J connectivity index is 2.58. The van der Waals surface area contributed by atoms with Crippen LogP contribution in [0.3, 0.4) is 0 Å². The third-order valence-corrected chi connectivity index (χ3v) is 25.7. The van der Waals surface area contributed by atoms with Crippen LogP contribution in [-0.4, -0.2) is 27.3 Å². The average Bonchev–Trinajstić information content (AvgIpc) is 2.84. The quantitative estimate of drug-likeness (QED) is 0.186. The molecule has 0 aliphatic rings. The van der Waals surface area contributed by atoms with Gasteiger partial charge < -0.3 is 0 Å². The van der Waals surface area contributed by atoms with Crippen LogP contribution in [0.1, 0.15) is 97.2 Å². The van der Waals surface area contributed by atoms with Gasteiger partial charge in [0.2, 0.25) is 0 Å². The Morgan fingerprint density at radius 2 is 1.12 bits per heavy atom. The summed E-state index contributed by atoms with van der Waals surface area (Å²) >= 11 is -2.52. The number of unbranched alkanes of at least 4 members (excludes halogenated alkanes) is 3. The first-order chi connectivity index (χ1) is 16.0. The van der Waals surface area contributed by atoms with Gasteiger partial charge in [-0.2, -0.15) is 0 Å². The molecule has 0 N–H and O–H groups in total. The number of hydrogen-bond acceptors (Lipinski definition) is 1. The zero-order valence-corrected chi connectivity index (χ0v) is 25.4. The van der Waals surface area contributed by atoms with E-state index in [1.54, 1.807) is 13.3 Å². The first kappa shape index (κ1) is 28.4. The van der Waals surface area contributed by atoms with E-state index in [0.29, 0.717) is 12.0 Å². The van der Waals surface area contributed by atoms with Crippen LogP contribution < -0.4 is 0 Å². The minimum atomic E-state index is -2.52. The predicted molar refractivity (Wildman–Crippen MR) is 150 cm³/mol. The normalized spacial score (nSPS) is 14.1. The molecular weight excluding hydrogens is 505 g/mol. The van der Waals surface area contributed by atoms with Crippen LogP contribution in [0.25, 0.3) is 0 Å². The van der Waals surface area contributed by atoms with Crippen LogP contribution in [0.5, 0.6) is 0 Å². The molecule has 0 amide bonds. The molecule has 0 heterocycles. The van der Waals surface area contributed by atoms with Gasteiger partial charge in [-0.25, -0.2) is 0 Å². The van der Waals surface area contributed by atoms with Gasteiger partial charge in [0, 0.05) is 0 Å². The number of hydrogen-bond donors (Lipinski definition) is 0. The van der Waals surface area contributed by atoms with E-state index in [2.05, 4.69) is 107 Å². The molecule has 2 heteroatoms. The van der Waals surface area contributed by atoms with Crippen LogP contribution in [0.15, 0.2) is 60.7 Å². The SMILES string of the molecule is CCC[CH2][Sn]([CH2]CCC)([CH2]CCC)[C@@H](C(C)C)N(Cc1ccccc1)[C@@H](C)c1ccccc1. The van der Waals surface area contributed by atoms with Gasteiger partial charge in [0.05, 0.1) is 0 Å². The van der Waals surface area contributed by atoms with Gasteiger partial charge in [0.15, 0.2) is 0 Å². The van der Waals surface area contributed by atoms with E-state index in [1.165, 1.54) is 49.7 Å². The van der Waals surface area contributed by atoms with Crippen molar-refractivity contribution in [3.05, 3.63) is 71.8 Å². The third kappa shape index (κ3) is 8.42. The first-order valence-electron chi connectivity index (χ1n) is 13.8. The van der Waals surface area contributed by atoms with E-state index in [1.807, 2.05) is 0 Å². The summed E-state index contributed by atoms with van der Waals surface area (Å²) in [6.07, 6.45) is 8.33. The van der Waals surface area contributed by atoms with Gasteiger partial charge in [-0.1, -0.05) is 0 Å². The molecule has 0 fully saturated rings. The molecule has 0 aliphatic heterocycles. The molecule has 0 aromatic heterocycles. The summed E-state index contributed by atoms with van der Waals surface area (Å²) in [6.45, 7) is 15.8. The molecule has 2 atom stereocenters. The van der Waals surface area contributed by atoms with E-state index in [-0.39, 0.29) is 0 Å². The zero-order valence-electron chi connectivity index (χ0n) is 22.5. The third-order valence-electron chi connectivity index (χ3n) is 7.69. The second-order valence-electron chi connectivity index (χ2n) is 10.6. The standard InChI is InChI=1S/C19H24N.3C4H9.Sn/c1-16(2)14-20(15-18-10-6-4-7-11-18)17(3)19-12-8-5-9-13-19;3*1-3-4-2;/h4-14,16-17H,15H2,1-3H3;3*1,3-4H2,2H3;/t17-;;;;/m0..../s1. The number of nitrogens with zero attached hydrogens (tertiary/aromatic N) is 1. The average molecular weight is 556 g/mol. The Labute approximate surface area is 210 Å². The van der Waals surface area contributed by atoms with Gasteiger partial charge in [-0.15, -0.1) is 0 Å². The van der Waals surface area contributed by atoms with Crippen molar-refractivity contribution >= 4 is 18.4 Å². The summed E-state index contributed by atoms with van der Waals surface area (Å²) in [5.41, 5.74) is 2.94. The maximum absolute atomic E-state index is 2.98. The molecule has 33 heavy (non-hydrogen) atoms. The van der Waals surface area contributed by atoms with Crippen molar-refractivity contribution in [3.8, 4) is 0 Å².